The van der Waals surface area contributed by atoms with Crippen LogP contribution in [-0.2, 0) is 32.7 Å². The van der Waals surface area contributed by atoms with Crippen LogP contribution < -0.4 is 0 Å². The van der Waals surface area contributed by atoms with Crippen LogP contribution in [0.4, 0.5) is 0 Å². The van der Waals surface area contributed by atoms with Crippen molar-refractivity contribution in [3.63, 3.8) is 0 Å². The van der Waals surface area contributed by atoms with Crippen molar-refractivity contribution in [2.75, 3.05) is 47.5 Å². The predicted molar refractivity (Wildman–Crippen MR) is 454 cm³/mol. The number of carbonyl (C=O) groups is 2. The van der Waals surface area contributed by atoms with Crippen molar-refractivity contribution < 1.29 is 42.1 Å². The van der Waals surface area contributed by atoms with Gasteiger partial charge >= 0.3 is 19.8 Å². The fraction of sp³-hybridized carbons (Fsp3) is 0.553. The highest BCUT2D eigenvalue weighted by Crippen LogP contribution is 2.43. The maximum Gasteiger partial charge on any atom is 0.472 e. The predicted octanol–water partition coefficient (Wildman–Crippen LogP) is 27.8. The van der Waals surface area contributed by atoms with E-state index in [-0.39, 0.29) is 32.0 Å². The van der Waals surface area contributed by atoms with E-state index >= 15 is 0 Å². The van der Waals surface area contributed by atoms with Crippen LogP contribution in [0.5, 0.6) is 0 Å². The van der Waals surface area contributed by atoms with Crippen LogP contribution in [0, 0.1) is 0 Å². The molecule has 0 aliphatic carbocycles. The highest BCUT2D eigenvalue weighted by atomic mass is 31.2. The van der Waals surface area contributed by atoms with Crippen LogP contribution in [-0.4, -0.2) is 74.9 Å². The standard InChI is InChI=1S/C94H148NO8P/c1-6-8-10-12-14-16-18-20-22-24-26-28-30-32-34-36-38-40-42-44-46-47-49-51-53-55-57-59-61-63-65-67-69-71-73-75-77-79-81-83-85-87-94(97)103-92(91-102-104(98,99)101-89-88-95(3,4)5)90-100-93(96)86-84-82-80-78-76-74-72-70-68-66-64-62-60-58-56-54-52-50-48-45-43-41-39-37-35-33-31-29-27-25-23-21-19-17-15-13-11-9-7-2/h8-11,14-17,20-23,26-29,32-35,38-41,44-46,48-49,51-52,54-55,57,61,63,67,69,73,75,92H,6-7,12-13,18-19,24-25,30-31,36-37,42-43,47,50,53,56,58-60,62,64-66,68,70-72,74,76-91H2,1-5H3/p+1/b10-8-,11-9-,16-14-,17-15-,22-20-,23-21-,28-26-,29-27-,34-32-,35-33-,40-38-,41-39-,46-44-,48-45-,51-49-,54-52-,57-55-,63-61-,69-67-,75-73-. The van der Waals surface area contributed by atoms with E-state index in [0.29, 0.717) is 17.4 Å². The molecule has 582 valence electrons. The lowest BCUT2D eigenvalue weighted by molar-refractivity contribution is -0.870. The van der Waals surface area contributed by atoms with Crippen LogP contribution in [0.25, 0.3) is 0 Å². The molecule has 0 rings (SSSR count). The first kappa shape index (κ1) is 97.8. The van der Waals surface area contributed by atoms with Crippen molar-refractivity contribution in [3.8, 4) is 0 Å². The second kappa shape index (κ2) is 80.9. The summed E-state index contributed by atoms with van der Waals surface area (Å²) in [6.07, 6.45) is 131. The molecule has 9 nitrogen and oxygen atoms in total. The quantitative estimate of drug-likeness (QED) is 0.0211. The molecule has 0 aliphatic heterocycles. The maximum atomic E-state index is 12.9. The van der Waals surface area contributed by atoms with Crippen LogP contribution in [0.2, 0.25) is 0 Å². The molecular weight excluding hydrogens is 1300 g/mol. The first-order chi connectivity index (χ1) is 51.0. The average Bonchev–Trinajstić information content (AvgIpc) is 0.920. The third kappa shape index (κ3) is 84.7. The van der Waals surface area contributed by atoms with E-state index in [4.69, 9.17) is 18.5 Å². The second-order valence-corrected chi connectivity index (χ2v) is 28.8. The van der Waals surface area contributed by atoms with Crippen LogP contribution >= 0.6 is 7.82 Å². The number of likely N-dealkylation sites (N-methyl/N-ethyl adjacent to an activating group) is 1. The molecule has 104 heavy (non-hydrogen) atoms. The topological polar surface area (TPSA) is 108 Å². The summed E-state index contributed by atoms with van der Waals surface area (Å²) in [5.41, 5.74) is 0. The lowest BCUT2D eigenvalue weighted by atomic mass is 10.0. The van der Waals surface area contributed by atoms with Crippen molar-refractivity contribution in [3.05, 3.63) is 243 Å². The van der Waals surface area contributed by atoms with Gasteiger partial charge in [0.1, 0.15) is 19.8 Å². The van der Waals surface area contributed by atoms with Gasteiger partial charge in [-0.25, -0.2) is 4.57 Å². The summed E-state index contributed by atoms with van der Waals surface area (Å²) >= 11 is 0. The first-order valence-electron chi connectivity index (χ1n) is 40.8. The van der Waals surface area contributed by atoms with E-state index in [1.54, 1.807) is 0 Å². The fourth-order valence-corrected chi connectivity index (χ4v) is 11.0. The Hall–Kier alpha value is -6.19. The molecule has 0 saturated heterocycles. The summed E-state index contributed by atoms with van der Waals surface area (Å²) in [6.45, 7) is 4.15. The van der Waals surface area contributed by atoms with Crippen LogP contribution in [0.1, 0.15) is 284 Å². The molecular formula is C94H149NO8P+. The van der Waals surface area contributed by atoms with Gasteiger partial charge in [-0.05, 0) is 167 Å². The highest BCUT2D eigenvalue weighted by Gasteiger charge is 2.27. The summed E-state index contributed by atoms with van der Waals surface area (Å²) in [4.78, 5) is 36.0. The summed E-state index contributed by atoms with van der Waals surface area (Å²) < 4.78 is 34.8. The minimum absolute atomic E-state index is 0.0144. The molecule has 0 fully saturated rings. The molecule has 0 aliphatic rings. The van der Waals surface area contributed by atoms with E-state index in [1.807, 2.05) is 21.1 Å². The number of hydrogen-bond acceptors (Lipinski definition) is 7. The Morgan fingerprint density at radius 3 is 0.769 bits per heavy atom. The van der Waals surface area contributed by atoms with E-state index < -0.39 is 26.5 Å². The lowest BCUT2D eigenvalue weighted by Gasteiger charge is -2.24. The Kier molecular flexibility index (Phi) is 76.1. The highest BCUT2D eigenvalue weighted by molar-refractivity contribution is 7.47. The van der Waals surface area contributed by atoms with Crippen molar-refractivity contribution in [2.45, 2.75) is 290 Å². The zero-order valence-corrected chi connectivity index (χ0v) is 67.3. The van der Waals surface area contributed by atoms with Crippen molar-refractivity contribution >= 4 is 19.8 Å². The lowest BCUT2D eigenvalue weighted by Crippen LogP contribution is -2.37. The Balaban J connectivity index is 4.13. The number of hydrogen-bond donors (Lipinski definition) is 1. The monoisotopic (exact) mass is 1450 g/mol. The number of ether oxygens (including phenoxy) is 2. The summed E-state index contributed by atoms with van der Waals surface area (Å²) in [5.74, 6) is -0.840. The second-order valence-electron chi connectivity index (χ2n) is 27.3. The maximum absolute atomic E-state index is 12.9. The number of unbranched alkanes of at least 4 members (excludes halogenated alkanes) is 18. The van der Waals surface area contributed by atoms with E-state index in [2.05, 4.69) is 257 Å². The van der Waals surface area contributed by atoms with Gasteiger partial charge in [-0.3, -0.25) is 18.6 Å². The Bertz CT molecular complexity index is 2670. The summed E-state index contributed by atoms with van der Waals surface area (Å²) in [7, 11) is 1.43. The molecule has 0 aromatic carbocycles. The average molecular weight is 1450 g/mol. The molecule has 10 heteroatoms. The molecule has 0 heterocycles. The minimum atomic E-state index is -4.42. The number of quaternary nitrogens is 1. The molecule has 0 aromatic rings. The van der Waals surface area contributed by atoms with Gasteiger partial charge in [0.15, 0.2) is 6.10 Å². The van der Waals surface area contributed by atoms with Crippen molar-refractivity contribution in [1.82, 2.24) is 0 Å². The first-order valence-corrected chi connectivity index (χ1v) is 42.3. The number of nitrogens with zero attached hydrogens (tertiary/aromatic N) is 1. The molecule has 2 unspecified atom stereocenters. The van der Waals surface area contributed by atoms with Gasteiger partial charge in [-0.1, -0.05) is 347 Å². The molecule has 0 saturated carbocycles. The smallest absolute Gasteiger partial charge is 0.462 e. The Labute approximate surface area is 638 Å². The fourth-order valence-electron chi connectivity index (χ4n) is 10.2. The van der Waals surface area contributed by atoms with Crippen LogP contribution in [0.15, 0.2) is 243 Å². The Morgan fingerprint density at radius 1 is 0.298 bits per heavy atom. The Morgan fingerprint density at radius 2 is 0.519 bits per heavy atom. The van der Waals surface area contributed by atoms with Gasteiger partial charge in [0.25, 0.3) is 0 Å². The molecule has 0 bridgehead atoms. The normalized spacial score (nSPS) is 14.3. The van der Waals surface area contributed by atoms with Gasteiger partial charge in [0, 0.05) is 12.8 Å². The number of phosphoric ester groups is 1. The zero-order chi connectivity index (χ0) is 75.4. The number of phosphoric acid groups is 1. The van der Waals surface area contributed by atoms with Crippen molar-refractivity contribution in [2.24, 2.45) is 0 Å². The molecule has 0 aromatic heterocycles. The minimum Gasteiger partial charge on any atom is -0.462 e. The number of rotatable bonds is 72. The zero-order valence-electron chi connectivity index (χ0n) is 66.4. The van der Waals surface area contributed by atoms with Crippen molar-refractivity contribution in [1.29, 1.82) is 0 Å². The molecule has 0 amide bonds. The molecule has 2 atom stereocenters. The van der Waals surface area contributed by atoms with Gasteiger partial charge in [-0.2, -0.15) is 0 Å². The van der Waals surface area contributed by atoms with Gasteiger partial charge in [0.2, 0.25) is 0 Å². The largest absolute Gasteiger partial charge is 0.472 e. The third-order valence-electron chi connectivity index (χ3n) is 16.4. The van der Waals surface area contributed by atoms with E-state index in [1.165, 1.54) is 70.6 Å². The molecule has 0 spiro atoms. The van der Waals surface area contributed by atoms with Crippen LogP contribution in [0.3, 0.4) is 0 Å². The number of esters is 2. The van der Waals surface area contributed by atoms with Gasteiger partial charge in [0.05, 0.1) is 27.7 Å². The van der Waals surface area contributed by atoms with E-state index in [0.717, 1.165) is 180 Å². The van der Waals surface area contributed by atoms with E-state index in [9.17, 15) is 19.0 Å². The van der Waals surface area contributed by atoms with Gasteiger partial charge in [-0.15, -0.1) is 0 Å². The van der Waals surface area contributed by atoms with Gasteiger partial charge < -0.3 is 18.9 Å². The SMILES string of the molecule is CC/C=C\C/C=C\C/C=C\C/C=C\C/C=C\C/C=C\C/C=C\C/C=C\C/C=C\C/C=C\C/C=C\C/C=C\CCCCCCC(=O)OC(COC(=O)CCCCCCCCCCCCCCCC/C=C\C/C=C\C/C=C\C/C=C\C/C=C\C/C=C\C/C=C\C/C=C\CC)COP(=O)(O)OCC[N+](C)(C)C. The third-order valence-corrected chi connectivity index (χ3v) is 17.4. The number of allylic oxidation sites excluding steroid dienone is 40. The molecule has 1 N–H and O–H groups in total. The number of carbonyl (C=O) groups excluding carboxylic acids is 2. The summed E-state index contributed by atoms with van der Waals surface area (Å²) in [6, 6.07) is 0. The molecule has 0 radical (unpaired) electrons. The summed E-state index contributed by atoms with van der Waals surface area (Å²) in [5, 5.41) is 0.